The zero-order valence-electron chi connectivity index (χ0n) is 13.6. The van der Waals surface area contributed by atoms with E-state index in [1.165, 1.54) is 5.56 Å². The molecule has 23 heavy (non-hydrogen) atoms. The van der Waals surface area contributed by atoms with Crippen LogP contribution < -0.4 is 9.47 Å². The zero-order valence-corrected chi connectivity index (χ0v) is 13.6. The molecule has 1 amide bonds. The van der Waals surface area contributed by atoms with E-state index in [1.807, 2.05) is 36.1 Å². The first kappa shape index (κ1) is 15.3. The first-order chi connectivity index (χ1) is 11.1. The Bertz CT molecular complexity index is 743. The highest BCUT2D eigenvalue weighted by Gasteiger charge is 2.24. The topological polar surface area (TPSA) is 51.7 Å². The summed E-state index contributed by atoms with van der Waals surface area (Å²) in [4.78, 5) is 18.7. The van der Waals surface area contributed by atoms with Gasteiger partial charge < -0.3 is 14.4 Å². The Kier molecular flexibility index (Phi) is 4.19. The average Bonchev–Trinajstić information content (AvgIpc) is 2.59. The summed E-state index contributed by atoms with van der Waals surface area (Å²) in [5.41, 5.74) is 3.82. The number of pyridine rings is 1. The predicted octanol–water partition coefficient (Wildman–Crippen LogP) is 2.61. The molecular weight excluding hydrogens is 292 g/mol. The van der Waals surface area contributed by atoms with Crippen molar-refractivity contribution in [1.82, 2.24) is 9.88 Å². The van der Waals surface area contributed by atoms with Gasteiger partial charge in [0.05, 0.1) is 14.2 Å². The standard InChI is InChI=1S/C18H20N2O3/c1-12-4-6-19-15(8-12)18(21)20-7-5-13-9-16(22-2)17(23-3)10-14(13)11-20/h4,6,8-10H,5,7,11H2,1-3H3. The summed E-state index contributed by atoms with van der Waals surface area (Å²) in [6.07, 6.45) is 2.47. The molecule has 1 aliphatic heterocycles. The number of aryl methyl sites for hydroxylation is 1. The second-order valence-corrected chi connectivity index (χ2v) is 5.67. The Balaban J connectivity index is 1.86. The third-order valence-electron chi connectivity index (χ3n) is 4.14. The minimum Gasteiger partial charge on any atom is -0.493 e. The van der Waals surface area contributed by atoms with Gasteiger partial charge in [0.25, 0.3) is 5.91 Å². The third-order valence-corrected chi connectivity index (χ3v) is 4.14. The zero-order chi connectivity index (χ0) is 16.4. The number of carbonyl (C=O) groups is 1. The number of hydrogen-bond acceptors (Lipinski definition) is 4. The SMILES string of the molecule is COc1cc2c(cc1OC)CN(C(=O)c1cc(C)ccn1)CC2. The summed E-state index contributed by atoms with van der Waals surface area (Å²) in [6, 6.07) is 7.67. The summed E-state index contributed by atoms with van der Waals surface area (Å²) in [7, 11) is 3.25. The molecule has 1 aromatic carbocycles. The molecule has 5 nitrogen and oxygen atoms in total. The molecule has 0 N–H and O–H groups in total. The molecule has 0 unspecified atom stereocenters. The number of rotatable bonds is 3. The van der Waals surface area contributed by atoms with E-state index in [2.05, 4.69) is 4.98 Å². The maximum Gasteiger partial charge on any atom is 0.272 e. The molecule has 0 bridgehead atoms. The Morgan fingerprint density at radius 2 is 1.83 bits per heavy atom. The number of fused-ring (bicyclic) bond motifs is 1. The molecule has 3 rings (SSSR count). The maximum absolute atomic E-state index is 12.6. The lowest BCUT2D eigenvalue weighted by molar-refractivity contribution is 0.0728. The van der Waals surface area contributed by atoms with Crippen LogP contribution in [0.1, 0.15) is 27.2 Å². The van der Waals surface area contributed by atoms with E-state index in [4.69, 9.17) is 9.47 Å². The van der Waals surface area contributed by atoms with Gasteiger partial charge in [-0.2, -0.15) is 0 Å². The van der Waals surface area contributed by atoms with Gasteiger partial charge in [-0.15, -0.1) is 0 Å². The maximum atomic E-state index is 12.6. The summed E-state index contributed by atoms with van der Waals surface area (Å²) >= 11 is 0. The van der Waals surface area contributed by atoms with Crippen LogP contribution in [0.2, 0.25) is 0 Å². The minimum absolute atomic E-state index is 0.0332. The Morgan fingerprint density at radius 3 is 2.48 bits per heavy atom. The fourth-order valence-corrected chi connectivity index (χ4v) is 2.87. The van der Waals surface area contributed by atoms with Crippen LogP contribution in [0.25, 0.3) is 0 Å². The molecule has 5 heteroatoms. The van der Waals surface area contributed by atoms with Gasteiger partial charge in [-0.25, -0.2) is 0 Å². The number of nitrogens with zero attached hydrogens (tertiary/aromatic N) is 2. The third kappa shape index (κ3) is 2.99. The summed E-state index contributed by atoms with van der Waals surface area (Å²) in [5.74, 6) is 1.38. The van der Waals surface area contributed by atoms with Crippen molar-refractivity contribution in [1.29, 1.82) is 0 Å². The van der Waals surface area contributed by atoms with Gasteiger partial charge in [-0.05, 0) is 54.3 Å². The van der Waals surface area contributed by atoms with Crippen LogP contribution in [-0.4, -0.2) is 36.6 Å². The molecule has 1 aliphatic rings. The highest BCUT2D eigenvalue weighted by molar-refractivity contribution is 5.92. The quantitative estimate of drug-likeness (QED) is 0.874. The van der Waals surface area contributed by atoms with Crippen LogP contribution in [0.5, 0.6) is 11.5 Å². The van der Waals surface area contributed by atoms with Gasteiger partial charge in [0.15, 0.2) is 11.5 Å². The molecule has 0 fully saturated rings. The van der Waals surface area contributed by atoms with Gasteiger partial charge in [0.2, 0.25) is 0 Å². The number of benzene rings is 1. The summed E-state index contributed by atoms with van der Waals surface area (Å²) in [5, 5.41) is 0. The van der Waals surface area contributed by atoms with Crippen molar-refractivity contribution < 1.29 is 14.3 Å². The van der Waals surface area contributed by atoms with Crippen molar-refractivity contribution in [3.05, 3.63) is 52.8 Å². The van der Waals surface area contributed by atoms with Crippen molar-refractivity contribution in [2.45, 2.75) is 19.9 Å². The van der Waals surface area contributed by atoms with Crippen LogP contribution in [0.15, 0.2) is 30.5 Å². The first-order valence-electron chi connectivity index (χ1n) is 7.58. The van der Waals surface area contributed by atoms with E-state index in [0.29, 0.717) is 24.5 Å². The van der Waals surface area contributed by atoms with Crippen LogP contribution >= 0.6 is 0 Å². The fourth-order valence-electron chi connectivity index (χ4n) is 2.87. The second kappa shape index (κ2) is 6.28. The Morgan fingerprint density at radius 1 is 1.13 bits per heavy atom. The number of carbonyl (C=O) groups excluding carboxylic acids is 1. The van der Waals surface area contributed by atoms with Crippen molar-refractivity contribution in [3.8, 4) is 11.5 Å². The highest BCUT2D eigenvalue weighted by Crippen LogP contribution is 2.33. The van der Waals surface area contributed by atoms with Crippen molar-refractivity contribution in [2.24, 2.45) is 0 Å². The van der Waals surface area contributed by atoms with Gasteiger partial charge in [-0.1, -0.05) is 0 Å². The highest BCUT2D eigenvalue weighted by atomic mass is 16.5. The molecule has 0 atom stereocenters. The molecule has 0 radical (unpaired) electrons. The van der Waals surface area contributed by atoms with E-state index in [-0.39, 0.29) is 5.91 Å². The normalized spacial score (nSPS) is 13.4. The molecule has 0 aliphatic carbocycles. The average molecular weight is 312 g/mol. The fraction of sp³-hybridized carbons (Fsp3) is 0.333. The van der Waals surface area contributed by atoms with E-state index in [1.54, 1.807) is 20.4 Å². The number of ether oxygens (including phenoxy) is 2. The molecular formula is C18H20N2O3. The van der Waals surface area contributed by atoms with Crippen molar-refractivity contribution in [3.63, 3.8) is 0 Å². The van der Waals surface area contributed by atoms with E-state index >= 15 is 0 Å². The van der Waals surface area contributed by atoms with Crippen LogP contribution in [0, 0.1) is 6.92 Å². The largest absolute Gasteiger partial charge is 0.493 e. The van der Waals surface area contributed by atoms with E-state index in [0.717, 1.165) is 23.3 Å². The molecule has 0 saturated heterocycles. The second-order valence-electron chi connectivity index (χ2n) is 5.67. The van der Waals surface area contributed by atoms with Gasteiger partial charge in [0, 0.05) is 19.3 Å². The van der Waals surface area contributed by atoms with Gasteiger partial charge in [0.1, 0.15) is 5.69 Å². The van der Waals surface area contributed by atoms with Crippen LogP contribution in [0.4, 0.5) is 0 Å². The van der Waals surface area contributed by atoms with Gasteiger partial charge >= 0.3 is 0 Å². The summed E-state index contributed by atoms with van der Waals surface area (Å²) in [6.45, 7) is 3.20. The first-order valence-corrected chi connectivity index (χ1v) is 7.58. The van der Waals surface area contributed by atoms with Crippen LogP contribution in [0.3, 0.4) is 0 Å². The minimum atomic E-state index is -0.0332. The van der Waals surface area contributed by atoms with Crippen molar-refractivity contribution >= 4 is 5.91 Å². The Labute approximate surface area is 135 Å². The molecule has 1 aromatic heterocycles. The number of hydrogen-bond donors (Lipinski definition) is 0. The molecule has 0 spiro atoms. The molecule has 120 valence electrons. The van der Waals surface area contributed by atoms with E-state index < -0.39 is 0 Å². The van der Waals surface area contributed by atoms with Gasteiger partial charge in [-0.3, -0.25) is 9.78 Å². The number of methoxy groups -OCH3 is 2. The lowest BCUT2D eigenvalue weighted by Crippen LogP contribution is -2.36. The molecule has 2 heterocycles. The van der Waals surface area contributed by atoms with Crippen LogP contribution in [-0.2, 0) is 13.0 Å². The van der Waals surface area contributed by atoms with E-state index in [9.17, 15) is 4.79 Å². The number of amides is 1. The lowest BCUT2D eigenvalue weighted by atomic mass is 9.98. The monoisotopic (exact) mass is 312 g/mol. The Hall–Kier alpha value is -2.56. The predicted molar refractivity (Wildman–Crippen MR) is 87.0 cm³/mol. The number of aromatic nitrogens is 1. The smallest absolute Gasteiger partial charge is 0.272 e. The molecule has 0 saturated carbocycles. The van der Waals surface area contributed by atoms with Crippen molar-refractivity contribution in [2.75, 3.05) is 20.8 Å². The lowest BCUT2D eigenvalue weighted by Gasteiger charge is -2.29. The molecule has 2 aromatic rings. The summed E-state index contributed by atoms with van der Waals surface area (Å²) < 4.78 is 10.7.